The summed E-state index contributed by atoms with van der Waals surface area (Å²) in [6.07, 6.45) is 0.752. The molecule has 6 heteroatoms. The third-order valence-corrected chi connectivity index (χ3v) is 3.42. The zero-order valence-corrected chi connectivity index (χ0v) is 11.8. The number of aromatic amines is 1. The van der Waals surface area contributed by atoms with Crippen molar-refractivity contribution in [1.82, 2.24) is 14.8 Å². The molecule has 0 saturated heterocycles. The van der Waals surface area contributed by atoms with Crippen molar-refractivity contribution in [2.24, 2.45) is 0 Å². The summed E-state index contributed by atoms with van der Waals surface area (Å²) in [6.45, 7) is 3.84. The van der Waals surface area contributed by atoms with Crippen LogP contribution in [0.5, 0.6) is 0 Å². The van der Waals surface area contributed by atoms with Gasteiger partial charge < -0.3 is 0 Å². The first-order chi connectivity index (χ1) is 8.04. The van der Waals surface area contributed by atoms with E-state index in [1.54, 1.807) is 6.07 Å². The molecule has 0 bridgehead atoms. The summed E-state index contributed by atoms with van der Waals surface area (Å²) in [6, 6.07) is 3.20. The molecule has 2 rings (SSSR count). The Kier molecular flexibility index (Phi) is 3.44. The number of hydrogen-bond donors (Lipinski definition) is 1. The van der Waals surface area contributed by atoms with Crippen molar-refractivity contribution in [2.45, 2.75) is 20.3 Å². The van der Waals surface area contributed by atoms with Gasteiger partial charge in [-0.05, 0) is 52.8 Å². The third-order valence-electron chi connectivity index (χ3n) is 2.54. The smallest absolute Gasteiger partial charge is 0.199 e. The van der Waals surface area contributed by atoms with Gasteiger partial charge in [0.1, 0.15) is 11.6 Å². The Morgan fingerprint density at radius 2 is 2.24 bits per heavy atom. The predicted octanol–water partition coefficient (Wildman–Crippen LogP) is 3.70. The second kappa shape index (κ2) is 4.70. The van der Waals surface area contributed by atoms with E-state index in [4.69, 9.17) is 12.2 Å². The standard InChI is InChI=1S/C11H11BrFN3S/c1-3-10-14-15-11(17)16(10)9-5-7(12)8(13)4-6(9)2/h4-5H,3H2,1-2H3,(H,15,17). The number of nitrogens with zero attached hydrogens (tertiary/aromatic N) is 2. The lowest BCUT2D eigenvalue weighted by Gasteiger charge is -2.10. The van der Waals surface area contributed by atoms with E-state index in [0.29, 0.717) is 9.24 Å². The van der Waals surface area contributed by atoms with E-state index >= 15 is 0 Å². The van der Waals surface area contributed by atoms with Crippen LogP contribution < -0.4 is 0 Å². The molecular formula is C11H11BrFN3S. The molecule has 0 saturated carbocycles. The lowest BCUT2D eigenvalue weighted by Crippen LogP contribution is -2.03. The van der Waals surface area contributed by atoms with Crippen LogP contribution in [0.2, 0.25) is 0 Å². The predicted molar refractivity (Wildman–Crippen MR) is 70.5 cm³/mol. The Morgan fingerprint density at radius 1 is 1.53 bits per heavy atom. The minimum absolute atomic E-state index is 0.278. The molecule has 0 aliphatic heterocycles. The Balaban J connectivity index is 2.72. The van der Waals surface area contributed by atoms with Gasteiger partial charge in [-0.25, -0.2) is 4.39 Å². The topological polar surface area (TPSA) is 33.6 Å². The molecule has 17 heavy (non-hydrogen) atoms. The van der Waals surface area contributed by atoms with Crippen LogP contribution in [0.15, 0.2) is 16.6 Å². The molecule has 0 unspecified atom stereocenters. The van der Waals surface area contributed by atoms with Crippen molar-refractivity contribution in [3.05, 3.63) is 38.6 Å². The molecule has 0 atom stereocenters. The molecule has 0 spiro atoms. The van der Waals surface area contributed by atoms with Gasteiger partial charge in [0, 0.05) is 6.42 Å². The van der Waals surface area contributed by atoms with Crippen molar-refractivity contribution in [3.63, 3.8) is 0 Å². The number of H-pyrrole nitrogens is 1. The van der Waals surface area contributed by atoms with Crippen LogP contribution in [0.25, 0.3) is 5.69 Å². The van der Waals surface area contributed by atoms with E-state index < -0.39 is 0 Å². The van der Waals surface area contributed by atoms with Crippen molar-refractivity contribution < 1.29 is 4.39 Å². The zero-order chi connectivity index (χ0) is 12.6. The monoisotopic (exact) mass is 315 g/mol. The molecule has 90 valence electrons. The number of rotatable bonds is 2. The van der Waals surface area contributed by atoms with Crippen molar-refractivity contribution in [2.75, 3.05) is 0 Å². The van der Waals surface area contributed by atoms with Gasteiger partial charge in [0.25, 0.3) is 0 Å². The number of halogens is 2. The highest BCUT2D eigenvalue weighted by Crippen LogP contribution is 2.24. The van der Waals surface area contributed by atoms with Crippen molar-refractivity contribution in [1.29, 1.82) is 0 Å². The molecule has 1 heterocycles. The molecule has 3 nitrogen and oxygen atoms in total. The molecule has 0 radical (unpaired) electrons. The summed E-state index contributed by atoms with van der Waals surface area (Å²) in [5, 5.41) is 6.90. The maximum atomic E-state index is 13.4. The van der Waals surface area contributed by atoms with E-state index in [1.807, 2.05) is 18.4 Å². The second-order valence-corrected chi connectivity index (χ2v) is 4.93. The molecule has 1 aromatic carbocycles. The molecule has 0 amide bonds. The molecule has 1 aromatic heterocycles. The van der Waals surface area contributed by atoms with E-state index in [-0.39, 0.29) is 5.82 Å². The SMILES string of the molecule is CCc1n[nH]c(=S)n1-c1cc(Br)c(F)cc1C. The van der Waals surface area contributed by atoms with Crippen LogP contribution in [0.1, 0.15) is 18.3 Å². The summed E-state index contributed by atoms with van der Waals surface area (Å²) in [7, 11) is 0. The summed E-state index contributed by atoms with van der Waals surface area (Å²) >= 11 is 8.38. The molecular weight excluding hydrogens is 305 g/mol. The van der Waals surface area contributed by atoms with Gasteiger partial charge in [0.05, 0.1) is 10.2 Å². The average Bonchev–Trinajstić information content (AvgIpc) is 2.65. The fraction of sp³-hybridized carbons (Fsp3) is 0.273. The summed E-state index contributed by atoms with van der Waals surface area (Å²) in [5.41, 5.74) is 1.66. The molecule has 2 aromatic rings. The van der Waals surface area contributed by atoms with E-state index in [9.17, 15) is 4.39 Å². The van der Waals surface area contributed by atoms with Crippen molar-refractivity contribution >= 4 is 28.1 Å². The Morgan fingerprint density at radius 3 is 2.88 bits per heavy atom. The van der Waals surface area contributed by atoms with Crippen LogP contribution in [0.3, 0.4) is 0 Å². The molecule has 1 N–H and O–H groups in total. The van der Waals surface area contributed by atoms with Gasteiger partial charge in [-0.1, -0.05) is 6.92 Å². The number of benzene rings is 1. The largest absolute Gasteiger partial charge is 0.272 e. The first-order valence-corrected chi connectivity index (χ1v) is 6.37. The quantitative estimate of drug-likeness (QED) is 0.857. The average molecular weight is 316 g/mol. The van der Waals surface area contributed by atoms with Crippen LogP contribution in [0.4, 0.5) is 4.39 Å². The van der Waals surface area contributed by atoms with Gasteiger partial charge in [-0.15, -0.1) is 0 Å². The number of aromatic nitrogens is 3. The van der Waals surface area contributed by atoms with Gasteiger partial charge in [-0.2, -0.15) is 5.10 Å². The number of nitrogens with one attached hydrogen (secondary N) is 1. The first-order valence-electron chi connectivity index (χ1n) is 5.17. The highest BCUT2D eigenvalue weighted by Gasteiger charge is 2.11. The van der Waals surface area contributed by atoms with E-state index in [2.05, 4.69) is 26.1 Å². The summed E-state index contributed by atoms with van der Waals surface area (Å²) in [4.78, 5) is 0. The second-order valence-electron chi connectivity index (χ2n) is 3.69. The Hall–Kier alpha value is -1.01. The molecule has 0 aliphatic rings. The van der Waals surface area contributed by atoms with Gasteiger partial charge in [-0.3, -0.25) is 9.67 Å². The summed E-state index contributed by atoms with van der Waals surface area (Å²) < 4.78 is 16.1. The third kappa shape index (κ3) is 2.19. The Labute approximate surface area is 112 Å². The lowest BCUT2D eigenvalue weighted by molar-refractivity contribution is 0.619. The summed E-state index contributed by atoms with van der Waals surface area (Å²) in [5.74, 6) is 0.552. The van der Waals surface area contributed by atoms with E-state index in [1.165, 1.54) is 6.07 Å². The number of aryl methyl sites for hydroxylation is 2. The first kappa shape index (κ1) is 12.4. The Bertz CT molecular complexity index is 618. The van der Waals surface area contributed by atoms with Gasteiger partial charge >= 0.3 is 0 Å². The highest BCUT2D eigenvalue weighted by molar-refractivity contribution is 9.10. The fourth-order valence-electron chi connectivity index (χ4n) is 1.69. The number of hydrogen-bond acceptors (Lipinski definition) is 2. The minimum atomic E-state index is -0.278. The maximum absolute atomic E-state index is 13.4. The molecule has 0 aliphatic carbocycles. The molecule has 0 fully saturated rings. The highest BCUT2D eigenvalue weighted by atomic mass is 79.9. The zero-order valence-electron chi connectivity index (χ0n) is 9.42. The maximum Gasteiger partial charge on any atom is 0.199 e. The fourth-order valence-corrected chi connectivity index (χ4v) is 2.27. The van der Waals surface area contributed by atoms with E-state index in [0.717, 1.165) is 23.5 Å². The van der Waals surface area contributed by atoms with Crippen LogP contribution in [-0.2, 0) is 6.42 Å². The minimum Gasteiger partial charge on any atom is -0.272 e. The van der Waals surface area contributed by atoms with Crippen LogP contribution in [0, 0.1) is 17.5 Å². The van der Waals surface area contributed by atoms with Gasteiger partial charge in [0.2, 0.25) is 0 Å². The van der Waals surface area contributed by atoms with Crippen molar-refractivity contribution in [3.8, 4) is 5.69 Å². The van der Waals surface area contributed by atoms with Gasteiger partial charge in [0.15, 0.2) is 4.77 Å². The van der Waals surface area contributed by atoms with Crippen LogP contribution >= 0.6 is 28.1 Å². The lowest BCUT2D eigenvalue weighted by atomic mass is 10.2. The normalized spacial score (nSPS) is 10.8. The van der Waals surface area contributed by atoms with Crippen LogP contribution in [-0.4, -0.2) is 14.8 Å².